The van der Waals surface area contributed by atoms with E-state index in [9.17, 15) is 9.59 Å². The van der Waals surface area contributed by atoms with E-state index in [2.05, 4.69) is 52.1 Å². The summed E-state index contributed by atoms with van der Waals surface area (Å²) < 4.78 is 10.7. The predicted octanol–water partition coefficient (Wildman–Crippen LogP) is 5.94. The standard InChI is InChI=1S/C28H25BrN4O3S2/c1-28(2)14-20-22(15-36-28)38-25-23(20)24(35)32(13-12-17-6-4-3-5-7-17)26-30-31-27(33(25)26)37-16-21(34)18-8-10-19(29)11-9-18/h3-11H,12-16H2,1-2H3. The van der Waals surface area contributed by atoms with Crippen LogP contribution in [-0.4, -0.2) is 36.3 Å². The number of carbonyl (C=O) groups excluding carboxylic acids is 1. The number of hydrogen-bond acceptors (Lipinski definition) is 7. The molecule has 0 unspecified atom stereocenters. The average Bonchev–Trinajstić information content (AvgIpc) is 3.49. The van der Waals surface area contributed by atoms with Crippen LogP contribution < -0.4 is 5.56 Å². The molecule has 10 heteroatoms. The van der Waals surface area contributed by atoms with Crippen molar-refractivity contribution >= 4 is 60.8 Å². The Balaban J connectivity index is 1.44. The van der Waals surface area contributed by atoms with Crippen molar-refractivity contribution < 1.29 is 9.53 Å². The van der Waals surface area contributed by atoms with Gasteiger partial charge in [-0.15, -0.1) is 21.5 Å². The molecule has 0 amide bonds. The van der Waals surface area contributed by atoms with Crippen molar-refractivity contribution in [3.05, 3.63) is 91.0 Å². The van der Waals surface area contributed by atoms with Crippen LogP contribution in [0.2, 0.25) is 0 Å². The Morgan fingerprint density at radius 2 is 1.89 bits per heavy atom. The van der Waals surface area contributed by atoms with E-state index in [1.54, 1.807) is 15.9 Å². The Morgan fingerprint density at radius 1 is 1.13 bits per heavy atom. The second-order valence-electron chi connectivity index (χ2n) is 9.94. The van der Waals surface area contributed by atoms with Crippen molar-refractivity contribution in [3.8, 4) is 0 Å². The number of Topliss-reactive ketones (excluding diaryl/α,β-unsaturated/α-hetero) is 1. The van der Waals surface area contributed by atoms with Crippen molar-refractivity contribution in [1.82, 2.24) is 19.2 Å². The largest absolute Gasteiger partial charge is 0.370 e. The number of hydrogen-bond donors (Lipinski definition) is 0. The highest BCUT2D eigenvalue weighted by Crippen LogP contribution is 2.38. The van der Waals surface area contributed by atoms with E-state index in [1.165, 1.54) is 11.8 Å². The van der Waals surface area contributed by atoms with Crippen LogP contribution in [0.4, 0.5) is 0 Å². The number of thioether (sulfide) groups is 1. The Kier molecular flexibility index (Phi) is 6.75. The first kappa shape index (κ1) is 25.5. The third kappa shape index (κ3) is 4.75. The minimum absolute atomic E-state index is 0.00789. The van der Waals surface area contributed by atoms with Crippen LogP contribution in [0.25, 0.3) is 16.0 Å². The maximum Gasteiger partial charge on any atom is 0.263 e. The fourth-order valence-electron chi connectivity index (χ4n) is 4.79. The fourth-order valence-corrected chi connectivity index (χ4v) is 7.16. The summed E-state index contributed by atoms with van der Waals surface area (Å²) in [7, 11) is 0. The van der Waals surface area contributed by atoms with Gasteiger partial charge in [0.15, 0.2) is 10.9 Å². The number of ether oxygens (including phenoxy) is 1. The molecule has 0 atom stereocenters. The Hall–Kier alpha value is -2.79. The number of nitrogens with zero attached hydrogens (tertiary/aromatic N) is 4. The number of carbonyl (C=O) groups is 1. The first-order valence-electron chi connectivity index (χ1n) is 12.3. The monoisotopic (exact) mass is 608 g/mol. The summed E-state index contributed by atoms with van der Waals surface area (Å²) in [6.45, 7) is 5.06. The molecule has 6 rings (SSSR count). The smallest absolute Gasteiger partial charge is 0.263 e. The zero-order valence-corrected chi connectivity index (χ0v) is 24.2. The van der Waals surface area contributed by atoms with Crippen LogP contribution in [0.15, 0.2) is 69.0 Å². The third-order valence-electron chi connectivity index (χ3n) is 6.75. The van der Waals surface area contributed by atoms with Crippen LogP contribution in [0.1, 0.15) is 40.2 Å². The number of aryl methyl sites for hydroxylation is 2. The summed E-state index contributed by atoms with van der Waals surface area (Å²) in [5.74, 6) is 0.721. The van der Waals surface area contributed by atoms with Gasteiger partial charge in [0.25, 0.3) is 5.56 Å². The lowest BCUT2D eigenvalue weighted by molar-refractivity contribution is -0.0379. The van der Waals surface area contributed by atoms with Gasteiger partial charge >= 0.3 is 0 Å². The molecule has 5 aromatic rings. The van der Waals surface area contributed by atoms with E-state index < -0.39 is 0 Å². The maximum atomic E-state index is 14.0. The first-order valence-corrected chi connectivity index (χ1v) is 14.9. The number of halogens is 1. The van der Waals surface area contributed by atoms with Crippen molar-refractivity contribution in [2.75, 3.05) is 5.75 Å². The molecular weight excluding hydrogens is 584 g/mol. The van der Waals surface area contributed by atoms with Crippen LogP contribution in [-0.2, 0) is 30.7 Å². The van der Waals surface area contributed by atoms with Crippen molar-refractivity contribution in [1.29, 1.82) is 0 Å². The van der Waals surface area contributed by atoms with Gasteiger partial charge in [-0.2, -0.15) is 0 Å². The molecule has 38 heavy (non-hydrogen) atoms. The summed E-state index contributed by atoms with van der Waals surface area (Å²) >= 11 is 6.31. The Morgan fingerprint density at radius 3 is 2.66 bits per heavy atom. The van der Waals surface area contributed by atoms with E-state index in [0.29, 0.717) is 47.9 Å². The molecule has 1 aliphatic rings. The van der Waals surface area contributed by atoms with Crippen LogP contribution >= 0.6 is 39.0 Å². The number of ketones is 1. The number of thiophene rings is 1. The highest BCUT2D eigenvalue weighted by atomic mass is 79.9. The fraction of sp³-hybridized carbons (Fsp3) is 0.286. The number of aromatic nitrogens is 4. The summed E-state index contributed by atoms with van der Waals surface area (Å²) in [6.07, 6.45) is 1.36. The summed E-state index contributed by atoms with van der Waals surface area (Å²) in [5, 5.41) is 10.2. The zero-order chi connectivity index (χ0) is 26.4. The van der Waals surface area contributed by atoms with Crippen LogP contribution in [0.3, 0.4) is 0 Å². The minimum atomic E-state index is -0.348. The predicted molar refractivity (Wildman–Crippen MR) is 155 cm³/mol. The van der Waals surface area contributed by atoms with Gasteiger partial charge in [-0.3, -0.25) is 14.2 Å². The molecule has 4 heterocycles. The van der Waals surface area contributed by atoms with Gasteiger partial charge in [-0.25, -0.2) is 4.40 Å². The first-order chi connectivity index (χ1) is 18.3. The van der Waals surface area contributed by atoms with E-state index in [1.807, 2.05) is 46.9 Å². The lowest BCUT2D eigenvalue weighted by Gasteiger charge is -2.29. The molecule has 3 aromatic heterocycles. The summed E-state index contributed by atoms with van der Waals surface area (Å²) in [6, 6.07) is 17.5. The van der Waals surface area contributed by atoms with Gasteiger partial charge in [-0.05, 0) is 43.5 Å². The summed E-state index contributed by atoms with van der Waals surface area (Å²) in [4.78, 5) is 28.8. The second-order valence-corrected chi connectivity index (χ2v) is 12.9. The van der Waals surface area contributed by atoms with Crippen LogP contribution in [0, 0.1) is 0 Å². The van der Waals surface area contributed by atoms with Gasteiger partial charge in [0.05, 0.1) is 23.3 Å². The molecule has 194 valence electrons. The highest BCUT2D eigenvalue weighted by molar-refractivity contribution is 9.10. The molecule has 0 spiro atoms. The number of fused-ring (bicyclic) bond motifs is 5. The van der Waals surface area contributed by atoms with Gasteiger partial charge in [-0.1, -0.05) is 70.2 Å². The molecule has 0 fully saturated rings. The minimum Gasteiger partial charge on any atom is -0.370 e. The molecule has 0 bridgehead atoms. The van der Waals surface area contributed by atoms with Gasteiger partial charge in [0.1, 0.15) is 4.83 Å². The Labute approximate surface area is 236 Å². The second kappa shape index (κ2) is 10.1. The quantitative estimate of drug-likeness (QED) is 0.168. The molecule has 0 saturated heterocycles. The zero-order valence-electron chi connectivity index (χ0n) is 20.9. The number of rotatable bonds is 7. The maximum absolute atomic E-state index is 14.0. The normalized spacial score (nSPS) is 14.7. The molecule has 2 aromatic carbocycles. The molecule has 7 nitrogen and oxygen atoms in total. The lowest BCUT2D eigenvalue weighted by Crippen LogP contribution is -2.32. The lowest BCUT2D eigenvalue weighted by atomic mass is 9.94. The van der Waals surface area contributed by atoms with E-state index in [4.69, 9.17) is 4.74 Å². The van der Waals surface area contributed by atoms with Crippen LogP contribution in [0.5, 0.6) is 0 Å². The van der Waals surface area contributed by atoms with Crippen molar-refractivity contribution in [2.45, 2.75) is 50.6 Å². The summed E-state index contributed by atoms with van der Waals surface area (Å²) in [5.41, 5.74) is 2.45. The molecule has 0 radical (unpaired) electrons. The van der Waals surface area contributed by atoms with E-state index in [0.717, 1.165) is 25.3 Å². The average molecular weight is 610 g/mol. The van der Waals surface area contributed by atoms with Gasteiger partial charge in [0, 0.05) is 27.9 Å². The molecular formula is C28H25BrN4O3S2. The van der Waals surface area contributed by atoms with E-state index >= 15 is 0 Å². The Bertz CT molecular complexity index is 1720. The topological polar surface area (TPSA) is 78.5 Å². The van der Waals surface area contributed by atoms with E-state index in [-0.39, 0.29) is 22.7 Å². The number of benzene rings is 2. The third-order valence-corrected chi connectivity index (χ3v) is 9.40. The van der Waals surface area contributed by atoms with Gasteiger partial charge < -0.3 is 4.74 Å². The molecule has 0 saturated carbocycles. The molecule has 0 N–H and O–H groups in total. The highest BCUT2D eigenvalue weighted by Gasteiger charge is 2.32. The van der Waals surface area contributed by atoms with Gasteiger partial charge in [0.2, 0.25) is 5.78 Å². The van der Waals surface area contributed by atoms with Crippen molar-refractivity contribution in [2.24, 2.45) is 0 Å². The molecule has 0 aliphatic carbocycles. The SMILES string of the molecule is CC1(C)Cc2c(sc3c2c(=O)n(CCc2ccccc2)c2nnc(SCC(=O)c4ccc(Br)cc4)n32)CO1. The van der Waals surface area contributed by atoms with Crippen molar-refractivity contribution in [3.63, 3.8) is 0 Å². The molecule has 1 aliphatic heterocycles.